The van der Waals surface area contributed by atoms with Gasteiger partial charge in [0.05, 0.1) is 0 Å². The van der Waals surface area contributed by atoms with E-state index in [1.54, 1.807) is 64.2 Å². The average Bonchev–Trinajstić information content (AvgIpc) is 1.68. The predicted molar refractivity (Wildman–Crippen MR) is 460 cm³/mol. The second-order valence-electron chi connectivity index (χ2n) is 49.3. The Morgan fingerprint density at radius 2 is 0.738 bits per heavy atom. The third-order valence-electron chi connectivity index (χ3n) is 39.2. The first kappa shape index (κ1) is 90.2. The fourth-order valence-corrected chi connectivity index (χ4v) is 29.7. The topological polar surface area (TPSA) is 0 Å². The van der Waals surface area contributed by atoms with E-state index in [1.165, 1.54) is 167 Å². The molecule has 606 valence electrons. The first-order valence-electron chi connectivity index (χ1n) is 47.4. The standard InChI is InChI=1S/2C12H24.2C11H22.3C10H18.3C9H16/c1-9(2)10-11(3,4)7-8-12(10,5)6;1-7-12(6)8-10(2,3)11(4,5)9-12;1-6-9-7-10(2,3)11(4,5)8-9;1-6-9-10(2,3)7-8-11(9,4)5;1-7-8-4-5-9(6-8)10(7,2)3;1-8-7-9-3-5-10(8,2)6-4-9;1-7-8(2)10-5-3-9(7)4-6-10;1-6-7(2)9-4-3-8(6)5-9;1-7-6-8-2-4-9(7)5-3-8;1-2-8-5-7-3-4-9(8)6-7/h9-10H,7-8H2,1-6H3;7-9H2,1-6H3;2*9H,6-8H2,1-5H3;7-9H,4-6H2,1-3H3;8-9H,3-7H2,1-2H3;7-10H,3-6H2,1-2H3;6-9H,3-5H2,1-2H3;2*7-9H,2-6H2,1H3/t;;;;7-,8?,9?;8-,9?,10?;7-,8?,9?,10?;6-,7?,8?,9?;7-,8?,9?;/m....10000./s1. The quantitative estimate of drug-likeness (QED) is 0.257. The summed E-state index contributed by atoms with van der Waals surface area (Å²) in [5, 5.41) is 0. The van der Waals surface area contributed by atoms with Crippen molar-refractivity contribution in [2.75, 3.05) is 0 Å². The highest BCUT2D eigenvalue weighted by molar-refractivity contribution is 5.04. The summed E-state index contributed by atoms with van der Waals surface area (Å²) in [7, 11) is 0. The zero-order valence-corrected chi connectivity index (χ0v) is 77.2. The molecule has 0 aromatic heterocycles. The lowest BCUT2D eigenvalue weighted by Crippen LogP contribution is -2.38. The molecule has 19 saturated carbocycles. The van der Waals surface area contributed by atoms with Gasteiger partial charge in [0.1, 0.15) is 0 Å². The van der Waals surface area contributed by atoms with Crippen LogP contribution in [0.5, 0.6) is 0 Å². The lowest BCUT2D eigenvalue weighted by molar-refractivity contribution is 0.0209. The summed E-state index contributed by atoms with van der Waals surface area (Å²) in [6, 6.07) is 0. The minimum Gasteiger partial charge on any atom is -0.0651 e. The summed E-state index contributed by atoms with van der Waals surface area (Å²) in [5.74, 6) is 24.2. The van der Waals surface area contributed by atoms with Gasteiger partial charge in [0.15, 0.2) is 0 Å². The molecule has 0 nitrogen and oxygen atoms in total. The van der Waals surface area contributed by atoms with Crippen LogP contribution in [0.3, 0.4) is 0 Å². The summed E-state index contributed by atoms with van der Waals surface area (Å²) in [6.07, 6.45) is 53.8. The molecular formula is C103H194. The molecule has 19 aliphatic carbocycles. The summed E-state index contributed by atoms with van der Waals surface area (Å²) in [5.41, 5.74) is 6.52. The molecule has 19 rings (SSSR count). The molecule has 19 aliphatic rings. The Morgan fingerprint density at radius 3 is 0.961 bits per heavy atom. The van der Waals surface area contributed by atoms with Crippen LogP contribution in [-0.4, -0.2) is 0 Å². The Bertz CT molecular complexity index is 2360. The van der Waals surface area contributed by atoms with Gasteiger partial charge >= 0.3 is 0 Å². The van der Waals surface area contributed by atoms with Gasteiger partial charge in [-0.1, -0.05) is 273 Å². The molecule has 0 aliphatic heterocycles. The Morgan fingerprint density at radius 1 is 0.330 bits per heavy atom. The molecule has 0 amide bonds. The Balaban J connectivity index is 0.000000160. The maximum atomic E-state index is 2.49. The Kier molecular flexibility index (Phi) is 31.2. The molecule has 0 radical (unpaired) electrons. The second-order valence-corrected chi connectivity index (χ2v) is 49.3. The third kappa shape index (κ3) is 21.9. The number of hydrogen-bond donors (Lipinski definition) is 0. The molecule has 0 aromatic carbocycles. The van der Waals surface area contributed by atoms with Gasteiger partial charge in [0, 0.05) is 0 Å². The molecule has 0 aromatic rings. The van der Waals surface area contributed by atoms with Gasteiger partial charge in [0.25, 0.3) is 0 Å². The molecule has 12 bridgehead atoms. The van der Waals surface area contributed by atoms with E-state index in [0.29, 0.717) is 54.1 Å². The minimum absolute atomic E-state index is 0.526. The monoisotopic (exact) mass is 1430 g/mol. The highest BCUT2D eigenvalue weighted by Gasteiger charge is 2.54. The zero-order valence-electron chi connectivity index (χ0n) is 77.2. The van der Waals surface area contributed by atoms with Gasteiger partial charge < -0.3 is 0 Å². The minimum atomic E-state index is 0.526. The smallest absolute Gasteiger partial charge is 0.0288 e. The van der Waals surface area contributed by atoms with E-state index in [-0.39, 0.29) is 0 Å². The van der Waals surface area contributed by atoms with Gasteiger partial charge in [-0.3, -0.25) is 0 Å². The van der Waals surface area contributed by atoms with Crippen LogP contribution in [0.4, 0.5) is 0 Å². The van der Waals surface area contributed by atoms with Crippen molar-refractivity contribution < 1.29 is 0 Å². The van der Waals surface area contributed by atoms with Crippen molar-refractivity contribution in [2.24, 2.45) is 196 Å². The molecular weight excluding hydrogens is 1240 g/mol. The summed E-state index contributed by atoms with van der Waals surface area (Å²) >= 11 is 0. The van der Waals surface area contributed by atoms with Gasteiger partial charge in [-0.25, -0.2) is 0 Å². The number of hydrogen-bond acceptors (Lipinski definition) is 0. The van der Waals surface area contributed by atoms with Crippen LogP contribution in [-0.2, 0) is 0 Å². The lowest BCUT2D eigenvalue weighted by atomic mass is 9.57. The summed E-state index contributed by atoms with van der Waals surface area (Å²) in [4.78, 5) is 0. The van der Waals surface area contributed by atoms with Gasteiger partial charge in [-0.15, -0.1) is 0 Å². The first-order valence-corrected chi connectivity index (χ1v) is 47.4. The maximum Gasteiger partial charge on any atom is -0.0288 e. The molecule has 0 spiro atoms. The molecule has 9 unspecified atom stereocenters. The summed E-state index contributed by atoms with van der Waals surface area (Å²) in [6.45, 7) is 79.9. The van der Waals surface area contributed by atoms with Crippen molar-refractivity contribution in [1.82, 2.24) is 0 Å². The Labute approximate surface area is 651 Å². The van der Waals surface area contributed by atoms with Crippen LogP contribution in [0.1, 0.15) is 460 Å². The van der Waals surface area contributed by atoms with Gasteiger partial charge in [0.2, 0.25) is 0 Å². The van der Waals surface area contributed by atoms with Crippen LogP contribution in [0.15, 0.2) is 0 Å². The predicted octanol–water partition coefficient (Wildman–Crippen LogP) is 33.8. The van der Waals surface area contributed by atoms with E-state index in [0.717, 1.165) is 142 Å². The van der Waals surface area contributed by atoms with Crippen LogP contribution in [0, 0.1) is 196 Å². The number of rotatable bonds is 5. The highest BCUT2D eigenvalue weighted by Crippen LogP contribution is 2.63. The first-order chi connectivity index (χ1) is 47.4. The van der Waals surface area contributed by atoms with E-state index in [9.17, 15) is 0 Å². The average molecular weight is 1430 g/mol. The fraction of sp³-hybridized carbons (Fsp3) is 1.00. The zero-order chi connectivity index (χ0) is 77.2. The van der Waals surface area contributed by atoms with Crippen molar-refractivity contribution in [1.29, 1.82) is 0 Å². The van der Waals surface area contributed by atoms with Crippen LogP contribution >= 0.6 is 0 Å². The SMILES string of the molecule is CC(C)C1C(C)(C)CCC1(C)C.CC1C2CCC(C2)[C@H]1C.CC1C2CCC(CC2)[C@H]1C.CCC1(C)CC(C)(C)C(C)(C)C1.CCC1C(C)(C)CCC1(C)C.CCC1CC(C)(C)C(C)(C)C1.CCC1CC2CCC1C2.C[C@@H]1C2CCC(C2)C1(C)C.C[C@H]1CC2CCC1(C)CC2.C[C@H]1CC2CCC1CC2. The second kappa shape index (κ2) is 35.6. The van der Waals surface area contributed by atoms with Crippen molar-refractivity contribution >= 4 is 0 Å². The molecule has 0 heterocycles. The van der Waals surface area contributed by atoms with Crippen molar-refractivity contribution in [2.45, 2.75) is 460 Å². The molecule has 14 atom stereocenters. The van der Waals surface area contributed by atoms with E-state index in [2.05, 4.69) is 228 Å². The van der Waals surface area contributed by atoms with E-state index >= 15 is 0 Å². The molecule has 19 fully saturated rings. The van der Waals surface area contributed by atoms with Crippen LogP contribution < -0.4 is 0 Å². The lowest BCUT2D eigenvalue weighted by Gasteiger charge is -2.49. The van der Waals surface area contributed by atoms with Crippen LogP contribution in [0.25, 0.3) is 0 Å². The van der Waals surface area contributed by atoms with Gasteiger partial charge in [-0.2, -0.15) is 0 Å². The Hall–Kier alpha value is 0. The van der Waals surface area contributed by atoms with Crippen molar-refractivity contribution in [3.8, 4) is 0 Å². The largest absolute Gasteiger partial charge is 0.0651 e. The molecule has 0 N–H and O–H groups in total. The molecule has 0 saturated heterocycles. The molecule has 103 heavy (non-hydrogen) atoms. The highest BCUT2D eigenvalue weighted by atomic mass is 14.6. The molecule has 0 heteroatoms. The van der Waals surface area contributed by atoms with Gasteiger partial charge in [-0.05, 0) is 382 Å². The van der Waals surface area contributed by atoms with E-state index < -0.39 is 0 Å². The van der Waals surface area contributed by atoms with Crippen LogP contribution in [0.2, 0.25) is 0 Å². The maximum absolute atomic E-state index is 2.49. The van der Waals surface area contributed by atoms with E-state index in [1.807, 2.05) is 0 Å². The van der Waals surface area contributed by atoms with E-state index in [4.69, 9.17) is 0 Å². The summed E-state index contributed by atoms with van der Waals surface area (Å²) < 4.78 is 0. The number of fused-ring (bicyclic) bond motifs is 15. The fourth-order valence-electron chi connectivity index (χ4n) is 29.7. The third-order valence-corrected chi connectivity index (χ3v) is 39.2. The normalized spacial score (nSPS) is 41.8. The van der Waals surface area contributed by atoms with Crippen molar-refractivity contribution in [3.63, 3.8) is 0 Å². The van der Waals surface area contributed by atoms with Crippen molar-refractivity contribution in [3.05, 3.63) is 0 Å².